The maximum absolute atomic E-state index is 13.0. The molecule has 0 saturated carbocycles. The van der Waals surface area contributed by atoms with Crippen LogP contribution in [0.1, 0.15) is 27.7 Å². The Morgan fingerprint density at radius 1 is 0.710 bits per heavy atom. The number of ether oxygens (including phenoxy) is 2. The molecule has 0 bridgehead atoms. The third-order valence-corrected chi connectivity index (χ3v) is 5.75. The van der Waals surface area contributed by atoms with Crippen molar-refractivity contribution in [3.05, 3.63) is 46.6 Å². The van der Waals surface area contributed by atoms with Gasteiger partial charge in [0.25, 0.3) is 0 Å². The van der Waals surface area contributed by atoms with Gasteiger partial charge in [0.2, 0.25) is 5.43 Å². The summed E-state index contributed by atoms with van der Waals surface area (Å²) in [5.41, 5.74) is 1.03. The summed E-state index contributed by atoms with van der Waals surface area (Å²) in [6.07, 6.45) is 0. The van der Waals surface area contributed by atoms with Gasteiger partial charge >= 0.3 is 0 Å². The van der Waals surface area contributed by atoms with Crippen LogP contribution in [0, 0.1) is 0 Å². The van der Waals surface area contributed by atoms with Crippen molar-refractivity contribution in [2.75, 3.05) is 52.5 Å². The first-order valence-electron chi connectivity index (χ1n) is 11.3. The number of likely N-dealkylation sites (N-methyl/N-ethyl adjacent to an activating group) is 2. The van der Waals surface area contributed by atoms with Crippen LogP contribution in [0.25, 0.3) is 21.9 Å². The van der Waals surface area contributed by atoms with Gasteiger partial charge in [-0.25, -0.2) is 0 Å². The molecule has 0 aliphatic heterocycles. The van der Waals surface area contributed by atoms with E-state index >= 15 is 0 Å². The molecule has 0 atom stereocenters. The first kappa shape index (κ1) is 23.1. The zero-order chi connectivity index (χ0) is 22.2. The number of benzene rings is 2. The van der Waals surface area contributed by atoms with E-state index in [4.69, 9.17) is 13.9 Å². The van der Waals surface area contributed by atoms with E-state index in [1.807, 2.05) is 12.1 Å². The SMILES string of the molecule is CCN(CC)CCOc1ccc2c(=O)c3cc(OCCN(CC)CC)ccc3oc2c1. The summed E-state index contributed by atoms with van der Waals surface area (Å²) in [6, 6.07) is 10.8. The zero-order valence-electron chi connectivity index (χ0n) is 19.1. The lowest BCUT2D eigenvalue weighted by atomic mass is 10.1. The molecule has 0 aliphatic carbocycles. The average molecular weight is 427 g/mol. The molecule has 0 N–H and O–H groups in total. The molecule has 0 spiro atoms. The number of nitrogens with zero attached hydrogens (tertiary/aromatic N) is 2. The molecule has 0 radical (unpaired) electrons. The summed E-state index contributed by atoms with van der Waals surface area (Å²) in [7, 11) is 0. The highest BCUT2D eigenvalue weighted by atomic mass is 16.5. The van der Waals surface area contributed by atoms with Crippen LogP contribution < -0.4 is 14.9 Å². The molecule has 3 aromatic rings. The predicted octanol–water partition coefficient (Wildman–Crippen LogP) is 4.39. The molecular weight excluding hydrogens is 392 g/mol. The molecule has 1 heterocycles. The van der Waals surface area contributed by atoms with Gasteiger partial charge in [-0.3, -0.25) is 4.79 Å². The predicted molar refractivity (Wildman–Crippen MR) is 127 cm³/mol. The fourth-order valence-electron chi connectivity index (χ4n) is 3.66. The van der Waals surface area contributed by atoms with Crippen molar-refractivity contribution in [1.82, 2.24) is 9.80 Å². The van der Waals surface area contributed by atoms with Crippen LogP contribution in [0.2, 0.25) is 0 Å². The van der Waals surface area contributed by atoms with E-state index in [1.54, 1.807) is 24.3 Å². The normalized spacial score (nSPS) is 11.7. The van der Waals surface area contributed by atoms with E-state index in [0.717, 1.165) is 39.3 Å². The third kappa shape index (κ3) is 5.77. The van der Waals surface area contributed by atoms with Gasteiger partial charge in [0.15, 0.2) is 0 Å². The molecule has 31 heavy (non-hydrogen) atoms. The Hall–Kier alpha value is -2.57. The Bertz CT molecular complexity index is 1040. The van der Waals surface area contributed by atoms with E-state index in [-0.39, 0.29) is 5.43 Å². The molecule has 0 fully saturated rings. The van der Waals surface area contributed by atoms with Crippen molar-refractivity contribution >= 4 is 21.9 Å². The van der Waals surface area contributed by atoms with E-state index in [9.17, 15) is 4.79 Å². The molecule has 3 rings (SSSR count). The van der Waals surface area contributed by atoms with Crippen LogP contribution in [0.4, 0.5) is 0 Å². The highest BCUT2D eigenvalue weighted by Crippen LogP contribution is 2.25. The summed E-state index contributed by atoms with van der Waals surface area (Å²) < 4.78 is 17.8. The van der Waals surface area contributed by atoms with Gasteiger partial charge in [0.05, 0.1) is 10.8 Å². The maximum atomic E-state index is 13.0. The average Bonchev–Trinajstić information content (AvgIpc) is 2.80. The number of fused-ring (bicyclic) bond motifs is 2. The molecule has 0 unspecified atom stereocenters. The standard InChI is InChI=1S/C25H34N2O4/c1-5-26(6-2)13-15-29-19-10-12-23-22(17-19)25(28)21-11-9-20(18-24(21)31-23)30-16-14-27(7-3)8-4/h9-12,17-18H,5-8,13-16H2,1-4H3. The molecule has 1 aromatic heterocycles. The fraction of sp³-hybridized carbons (Fsp3) is 0.480. The van der Waals surface area contributed by atoms with Crippen molar-refractivity contribution in [1.29, 1.82) is 0 Å². The highest BCUT2D eigenvalue weighted by molar-refractivity contribution is 5.90. The number of hydrogen-bond donors (Lipinski definition) is 0. The molecule has 6 nitrogen and oxygen atoms in total. The zero-order valence-corrected chi connectivity index (χ0v) is 19.1. The van der Waals surface area contributed by atoms with Gasteiger partial charge in [-0.1, -0.05) is 27.7 Å². The third-order valence-electron chi connectivity index (χ3n) is 5.75. The van der Waals surface area contributed by atoms with E-state index in [2.05, 4.69) is 37.5 Å². The van der Waals surface area contributed by atoms with Crippen molar-refractivity contribution in [3.8, 4) is 11.5 Å². The van der Waals surface area contributed by atoms with Gasteiger partial charge in [-0.05, 0) is 56.5 Å². The van der Waals surface area contributed by atoms with E-state index in [1.165, 1.54) is 0 Å². The van der Waals surface area contributed by atoms with Crippen LogP contribution in [-0.2, 0) is 0 Å². The van der Waals surface area contributed by atoms with Gasteiger partial charge in [-0.2, -0.15) is 0 Å². The van der Waals surface area contributed by atoms with Crippen LogP contribution in [0.15, 0.2) is 45.6 Å². The minimum atomic E-state index is -0.0554. The van der Waals surface area contributed by atoms with Gasteiger partial charge < -0.3 is 23.7 Å². The molecule has 2 aromatic carbocycles. The molecule has 0 amide bonds. The van der Waals surface area contributed by atoms with Gasteiger partial charge in [-0.15, -0.1) is 0 Å². The van der Waals surface area contributed by atoms with E-state index < -0.39 is 0 Å². The Morgan fingerprint density at radius 3 is 1.84 bits per heavy atom. The first-order valence-corrected chi connectivity index (χ1v) is 11.3. The lowest BCUT2D eigenvalue weighted by Gasteiger charge is -2.18. The first-order chi connectivity index (χ1) is 15.1. The van der Waals surface area contributed by atoms with E-state index in [0.29, 0.717) is 46.7 Å². The van der Waals surface area contributed by atoms with Crippen LogP contribution >= 0.6 is 0 Å². The van der Waals surface area contributed by atoms with Crippen LogP contribution in [0.5, 0.6) is 11.5 Å². The summed E-state index contributed by atoms with van der Waals surface area (Å²) >= 11 is 0. The van der Waals surface area contributed by atoms with Crippen molar-refractivity contribution < 1.29 is 13.9 Å². The minimum Gasteiger partial charge on any atom is -0.492 e. The fourth-order valence-corrected chi connectivity index (χ4v) is 3.66. The maximum Gasteiger partial charge on any atom is 0.200 e. The summed E-state index contributed by atoms with van der Waals surface area (Å²) in [6.45, 7) is 15.4. The highest BCUT2D eigenvalue weighted by Gasteiger charge is 2.11. The second-order valence-corrected chi connectivity index (χ2v) is 7.50. The van der Waals surface area contributed by atoms with Gasteiger partial charge in [0.1, 0.15) is 35.9 Å². The number of rotatable bonds is 12. The smallest absolute Gasteiger partial charge is 0.200 e. The lowest BCUT2D eigenvalue weighted by molar-refractivity contribution is 0.223. The second kappa shape index (κ2) is 11.2. The molecule has 0 saturated heterocycles. The number of hydrogen-bond acceptors (Lipinski definition) is 6. The van der Waals surface area contributed by atoms with Crippen molar-refractivity contribution in [2.45, 2.75) is 27.7 Å². The second-order valence-electron chi connectivity index (χ2n) is 7.50. The summed E-state index contributed by atoms with van der Waals surface area (Å²) in [4.78, 5) is 17.6. The molecule has 0 aliphatic rings. The quantitative estimate of drug-likeness (QED) is 0.401. The Morgan fingerprint density at radius 2 is 1.26 bits per heavy atom. The molecule has 6 heteroatoms. The Balaban J connectivity index is 1.76. The molecule has 168 valence electrons. The monoisotopic (exact) mass is 426 g/mol. The van der Waals surface area contributed by atoms with Crippen molar-refractivity contribution in [2.24, 2.45) is 0 Å². The van der Waals surface area contributed by atoms with Crippen molar-refractivity contribution in [3.63, 3.8) is 0 Å². The minimum absolute atomic E-state index is 0.0554. The van der Waals surface area contributed by atoms with Crippen LogP contribution in [-0.4, -0.2) is 62.3 Å². The van der Waals surface area contributed by atoms with Crippen LogP contribution in [0.3, 0.4) is 0 Å². The lowest BCUT2D eigenvalue weighted by Crippen LogP contribution is -2.27. The largest absolute Gasteiger partial charge is 0.492 e. The topological polar surface area (TPSA) is 55.1 Å². The molecular formula is C25H34N2O4. The summed E-state index contributed by atoms with van der Waals surface area (Å²) in [5.74, 6) is 1.39. The summed E-state index contributed by atoms with van der Waals surface area (Å²) in [5, 5.41) is 1.08. The Labute approximate surface area is 184 Å². The Kier molecular flexibility index (Phi) is 8.32. The van der Waals surface area contributed by atoms with Gasteiger partial charge in [0, 0.05) is 19.2 Å².